The molecule has 0 aliphatic rings. The van der Waals surface area contributed by atoms with Crippen molar-refractivity contribution in [2.75, 3.05) is 0 Å². The van der Waals surface area contributed by atoms with E-state index in [2.05, 4.69) is 15.9 Å². The van der Waals surface area contributed by atoms with Gasteiger partial charge in [-0.25, -0.2) is 0 Å². The number of hydrogen-bond acceptors (Lipinski definition) is 4. The van der Waals surface area contributed by atoms with Crippen LogP contribution in [0.15, 0.2) is 0 Å². The van der Waals surface area contributed by atoms with Gasteiger partial charge in [0.25, 0.3) is 0 Å². The maximum atomic E-state index is 14.5. The fourth-order valence-corrected chi connectivity index (χ4v) is 5.11. The van der Waals surface area contributed by atoms with Crippen LogP contribution in [0.4, 0.5) is 8.78 Å². The predicted molar refractivity (Wildman–Crippen MR) is 74.0 cm³/mol. The Morgan fingerprint density at radius 2 is 1.00 bits per heavy atom. The number of rotatable bonds is 0. The van der Waals surface area contributed by atoms with E-state index in [1.165, 1.54) is 0 Å². The van der Waals surface area contributed by atoms with Gasteiger partial charge in [0.15, 0.2) is 0 Å². The van der Waals surface area contributed by atoms with Crippen LogP contribution in [0, 0.1) is 11.6 Å². The summed E-state index contributed by atoms with van der Waals surface area (Å²) >= 11 is 11.0. The molecule has 0 fully saturated rings. The number of fused-ring (bicyclic) bond motifs is 5. The topological polar surface area (TPSA) is 51.6 Å². The standard InChI is InChI=1S/C10Cl2F2N4Se2/c11-3-5(13)1-2(8-10(3)18-20-16-8)6(14)4(12)9-7(1)15-19-17-9. The molecule has 0 N–H and O–H groups in total. The summed E-state index contributed by atoms with van der Waals surface area (Å²) in [5, 5.41) is -0.334. The Morgan fingerprint density at radius 3 is 1.40 bits per heavy atom. The quantitative estimate of drug-likeness (QED) is 0.392. The summed E-state index contributed by atoms with van der Waals surface area (Å²) in [6.07, 6.45) is 0. The van der Waals surface area contributed by atoms with Crippen LogP contribution < -0.4 is 0 Å². The zero-order chi connectivity index (χ0) is 14.0. The van der Waals surface area contributed by atoms with Crippen LogP contribution in [0.5, 0.6) is 0 Å². The van der Waals surface area contributed by atoms with Gasteiger partial charge in [-0.15, -0.1) is 0 Å². The van der Waals surface area contributed by atoms with E-state index in [1.54, 1.807) is 0 Å². The average Bonchev–Trinajstić information content (AvgIpc) is 3.08. The zero-order valence-corrected chi connectivity index (χ0v) is 14.1. The molecule has 2 heterocycles. The molecule has 0 saturated heterocycles. The molecule has 0 aliphatic heterocycles. The summed E-state index contributed by atoms with van der Waals surface area (Å²) in [4.78, 5) is 0. The Labute approximate surface area is 132 Å². The van der Waals surface area contributed by atoms with E-state index in [0.717, 1.165) is 0 Å². The van der Waals surface area contributed by atoms with Gasteiger partial charge in [-0.05, 0) is 0 Å². The molecule has 4 nitrogen and oxygen atoms in total. The van der Waals surface area contributed by atoms with Crippen molar-refractivity contribution in [2.45, 2.75) is 0 Å². The molecule has 4 aromatic rings. The van der Waals surface area contributed by atoms with Crippen LogP contribution in [0.2, 0.25) is 10.0 Å². The van der Waals surface area contributed by atoms with Gasteiger partial charge in [0.1, 0.15) is 0 Å². The molecule has 0 spiro atoms. The van der Waals surface area contributed by atoms with Crippen LogP contribution in [-0.2, 0) is 0 Å². The molecule has 0 saturated carbocycles. The third-order valence-electron chi connectivity index (χ3n) is 2.94. The Morgan fingerprint density at radius 1 is 0.650 bits per heavy atom. The Hall–Kier alpha value is -0.621. The molecule has 20 heavy (non-hydrogen) atoms. The summed E-state index contributed by atoms with van der Waals surface area (Å²) < 4.78 is 45.3. The van der Waals surface area contributed by atoms with Gasteiger partial charge in [-0.1, -0.05) is 0 Å². The molecule has 0 amide bonds. The third-order valence-corrected chi connectivity index (χ3v) is 5.85. The second-order valence-corrected chi connectivity index (χ2v) is 6.90. The third kappa shape index (κ3) is 1.52. The molecular formula is C10Cl2F2N4Se2. The fraction of sp³-hybridized carbons (Fsp3) is 0. The first-order valence-electron chi connectivity index (χ1n) is 5.13. The monoisotopic (exact) mass is 444 g/mol. The van der Waals surface area contributed by atoms with Gasteiger partial charge < -0.3 is 0 Å². The number of halogens is 4. The molecule has 0 atom stereocenters. The van der Waals surface area contributed by atoms with Gasteiger partial charge >= 0.3 is 132 Å². The van der Waals surface area contributed by atoms with E-state index in [9.17, 15) is 8.78 Å². The molecule has 0 bridgehead atoms. The molecule has 0 aliphatic carbocycles. The first-order valence-corrected chi connectivity index (χ1v) is 8.95. The molecule has 10 heteroatoms. The average molecular weight is 443 g/mol. The molecule has 2 aromatic carbocycles. The first-order chi connectivity index (χ1) is 9.61. The van der Waals surface area contributed by atoms with Crippen LogP contribution in [0.3, 0.4) is 0 Å². The number of nitrogens with zero attached hydrogens (tertiary/aromatic N) is 4. The number of benzene rings is 2. The molecule has 0 unspecified atom stereocenters. The van der Waals surface area contributed by atoms with Crippen molar-refractivity contribution < 1.29 is 8.78 Å². The van der Waals surface area contributed by atoms with Crippen molar-refractivity contribution in [3.63, 3.8) is 0 Å². The molecule has 100 valence electrons. The van der Waals surface area contributed by atoms with Gasteiger partial charge in [-0.3, -0.25) is 0 Å². The minimum absolute atomic E-state index is 0.00887. The molecule has 2 aromatic heterocycles. The van der Waals surface area contributed by atoms with Crippen LogP contribution in [-0.4, -0.2) is 45.8 Å². The Kier molecular flexibility index (Phi) is 2.90. The van der Waals surface area contributed by atoms with Crippen molar-refractivity contribution in [3.05, 3.63) is 21.7 Å². The van der Waals surface area contributed by atoms with Crippen LogP contribution in [0.1, 0.15) is 0 Å². The van der Waals surface area contributed by atoms with E-state index in [4.69, 9.17) is 23.2 Å². The maximum absolute atomic E-state index is 14.5. The zero-order valence-electron chi connectivity index (χ0n) is 9.12. The molecule has 0 radical (unpaired) electrons. The minimum atomic E-state index is -0.750. The van der Waals surface area contributed by atoms with Gasteiger partial charge in [0.2, 0.25) is 0 Å². The second-order valence-electron chi connectivity index (χ2n) is 3.93. The Balaban J connectivity index is 2.49. The number of hydrogen-bond donors (Lipinski definition) is 0. The van der Waals surface area contributed by atoms with Gasteiger partial charge in [-0.2, -0.15) is 0 Å². The summed E-state index contributed by atoms with van der Waals surface area (Å²) in [6, 6.07) is 0. The van der Waals surface area contributed by atoms with Crippen molar-refractivity contribution >= 4 is 86.0 Å². The van der Waals surface area contributed by atoms with Crippen LogP contribution in [0.25, 0.3) is 32.8 Å². The van der Waals surface area contributed by atoms with Crippen molar-refractivity contribution in [2.24, 2.45) is 0 Å². The summed E-state index contributed by atoms with van der Waals surface area (Å²) in [6.45, 7) is 0. The second kappa shape index (κ2) is 4.43. The van der Waals surface area contributed by atoms with E-state index >= 15 is 0 Å². The SMILES string of the molecule is Fc1c(Cl)c2n[se]nc2c2c(F)c(Cl)c3n[se]nc3c12. The number of aromatic nitrogens is 4. The van der Waals surface area contributed by atoms with Crippen molar-refractivity contribution in [1.82, 2.24) is 15.9 Å². The predicted octanol–water partition coefficient (Wildman–Crippen LogP) is 2.43. The first kappa shape index (κ1) is 13.1. The molecule has 4 rings (SSSR count). The van der Waals surface area contributed by atoms with Crippen molar-refractivity contribution in [1.29, 1.82) is 0 Å². The van der Waals surface area contributed by atoms with E-state index < -0.39 is 41.6 Å². The molecular weight excluding hydrogens is 443 g/mol. The normalized spacial score (nSPS) is 12.0. The van der Waals surface area contributed by atoms with E-state index in [1.807, 2.05) is 0 Å². The summed E-state index contributed by atoms with van der Waals surface area (Å²) in [5.74, 6) is -1.50. The van der Waals surface area contributed by atoms with E-state index in [0.29, 0.717) is 0 Å². The fourth-order valence-electron chi connectivity index (χ4n) is 2.08. The Bertz CT molecular complexity index is 931. The summed E-state index contributed by atoms with van der Waals surface area (Å²) in [5.41, 5.74) is 0.880. The van der Waals surface area contributed by atoms with Gasteiger partial charge in [0, 0.05) is 0 Å². The summed E-state index contributed by atoms with van der Waals surface area (Å²) in [7, 11) is 0. The van der Waals surface area contributed by atoms with Crippen molar-refractivity contribution in [3.8, 4) is 0 Å². The van der Waals surface area contributed by atoms with E-state index in [-0.39, 0.29) is 42.9 Å². The van der Waals surface area contributed by atoms with Gasteiger partial charge in [0.05, 0.1) is 0 Å². The van der Waals surface area contributed by atoms with Crippen LogP contribution >= 0.6 is 23.2 Å².